The van der Waals surface area contributed by atoms with Crippen molar-refractivity contribution in [3.63, 3.8) is 0 Å². The number of pyridine rings is 1. The van der Waals surface area contributed by atoms with Gasteiger partial charge in [-0.15, -0.1) is 0 Å². The maximum absolute atomic E-state index is 11.4. The Balaban J connectivity index is 2.16. The van der Waals surface area contributed by atoms with Crippen molar-refractivity contribution in [2.45, 2.75) is 31.5 Å². The fourth-order valence-corrected chi connectivity index (χ4v) is 2.09. The summed E-state index contributed by atoms with van der Waals surface area (Å²) in [6, 6.07) is 3.34. The van der Waals surface area contributed by atoms with Gasteiger partial charge in [0.15, 0.2) is 24.3 Å². The van der Waals surface area contributed by atoms with Crippen molar-refractivity contribution in [1.29, 1.82) is 0 Å². The molecule has 0 unspecified atom stereocenters. The van der Waals surface area contributed by atoms with Gasteiger partial charge in [-0.25, -0.2) is 0 Å². The van der Waals surface area contributed by atoms with Crippen LogP contribution in [0, 0.1) is 0 Å². The molecule has 1 saturated heterocycles. The first-order valence-electron chi connectivity index (χ1n) is 6.65. The summed E-state index contributed by atoms with van der Waals surface area (Å²) in [5, 5.41) is 19.9. The lowest BCUT2D eigenvalue weighted by Crippen LogP contribution is -2.46. The van der Waals surface area contributed by atoms with Gasteiger partial charge in [-0.05, 0) is 13.0 Å². The van der Waals surface area contributed by atoms with Gasteiger partial charge < -0.3 is 19.7 Å². The van der Waals surface area contributed by atoms with Crippen LogP contribution in [0.2, 0.25) is 0 Å². The molecular weight excluding hydrogens is 250 g/mol. The Hall–Kier alpha value is -1.34. The van der Waals surface area contributed by atoms with E-state index < -0.39 is 24.5 Å². The number of rotatable bonds is 4. The Kier molecular flexibility index (Phi) is 3.84. The van der Waals surface area contributed by atoms with Crippen LogP contribution in [0.5, 0.6) is 0 Å². The van der Waals surface area contributed by atoms with E-state index in [2.05, 4.69) is 0 Å². The second-order valence-electron chi connectivity index (χ2n) is 4.51. The summed E-state index contributed by atoms with van der Waals surface area (Å²) in [5.74, 6) is -0.0959. The Morgan fingerprint density at radius 1 is 1.58 bits per heavy atom. The summed E-state index contributed by atoms with van der Waals surface area (Å²) in [6.45, 7) is 1.48. The molecule has 2 heterocycles. The third-order valence-electron chi connectivity index (χ3n) is 3.14. The Bertz CT molecular complexity index is 484. The van der Waals surface area contributed by atoms with Crippen LogP contribution in [0.25, 0.3) is 0 Å². The van der Waals surface area contributed by atoms with Crippen LogP contribution in [0.3, 0.4) is 0 Å². The van der Waals surface area contributed by atoms with Crippen LogP contribution in [-0.2, 0) is 9.47 Å². The minimum Gasteiger partial charge on any atom is -0.387 e. The number of nitrogens with zero attached hydrogens (tertiary/aromatic N) is 1. The zero-order valence-electron chi connectivity index (χ0n) is 11.6. The van der Waals surface area contributed by atoms with E-state index >= 15 is 0 Å². The van der Waals surface area contributed by atoms with Crippen molar-refractivity contribution < 1.29 is 30.4 Å². The summed E-state index contributed by atoms with van der Waals surface area (Å²) in [5.41, 5.74) is 0.489. The highest BCUT2D eigenvalue weighted by atomic mass is 16.6. The molecule has 2 N–H and O–H groups in total. The molecule has 0 bridgehead atoms. The Labute approximate surface area is 112 Å². The normalized spacial score (nSPS) is 31.2. The van der Waals surface area contributed by atoms with Gasteiger partial charge in [0, 0.05) is 13.2 Å². The van der Waals surface area contributed by atoms with Crippen LogP contribution >= 0.6 is 0 Å². The summed E-state index contributed by atoms with van der Waals surface area (Å²) >= 11 is 0. The Morgan fingerprint density at radius 2 is 2.37 bits per heavy atom. The molecule has 0 amide bonds. The number of ether oxygens (including phenoxy) is 2. The average Bonchev–Trinajstić information content (AvgIpc) is 2.73. The van der Waals surface area contributed by atoms with E-state index in [1.807, 2.05) is 0 Å². The largest absolute Gasteiger partial charge is 0.387 e. The summed E-state index contributed by atoms with van der Waals surface area (Å²) in [6.07, 6.45) is -0.490. The molecule has 0 radical (unpaired) electrons. The van der Waals surface area contributed by atoms with Gasteiger partial charge in [0.05, 0.1) is 13.5 Å². The van der Waals surface area contributed by atoms with Gasteiger partial charge in [0.2, 0.25) is 0 Å². The van der Waals surface area contributed by atoms with E-state index in [1.54, 1.807) is 29.1 Å². The molecule has 2 rings (SSSR count). The monoisotopic (exact) mass is 269 g/mol. The molecule has 1 aromatic rings. The molecule has 0 aliphatic carbocycles. The topological polar surface area (TPSA) is 79.9 Å². The zero-order valence-corrected chi connectivity index (χ0v) is 10.6. The van der Waals surface area contributed by atoms with E-state index in [4.69, 9.17) is 10.8 Å². The van der Waals surface area contributed by atoms with Gasteiger partial charge in [-0.1, -0.05) is 0 Å². The summed E-state index contributed by atoms with van der Waals surface area (Å²) < 4.78 is 18.9. The highest BCUT2D eigenvalue weighted by Gasteiger charge is 2.48. The van der Waals surface area contributed by atoms with Crippen LogP contribution in [0.4, 0.5) is 0 Å². The zero-order chi connectivity index (χ0) is 14.7. The van der Waals surface area contributed by atoms with Crippen molar-refractivity contribution in [1.82, 2.24) is 0 Å². The smallest absolute Gasteiger partial charge is 0.292 e. The number of aromatic nitrogens is 1. The quantitative estimate of drug-likeness (QED) is 0.566. The third kappa shape index (κ3) is 2.82. The van der Waals surface area contributed by atoms with Crippen molar-refractivity contribution in [3.05, 3.63) is 30.1 Å². The SMILES string of the molecule is [2H]COC[C@H]1O[C@@H]([n+]2cccc(C(C)=O)c2)[C@H](O)[C@@H]1O. The van der Waals surface area contributed by atoms with Crippen LogP contribution in [0.1, 0.15) is 24.9 Å². The molecule has 1 aliphatic heterocycles. The molecule has 0 spiro atoms. The van der Waals surface area contributed by atoms with E-state index in [-0.39, 0.29) is 19.5 Å². The van der Waals surface area contributed by atoms with Gasteiger partial charge in [-0.2, -0.15) is 4.57 Å². The van der Waals surface area contributed by atoms with Gasteiger partial charge in [0.25, 0.3) is 6.23 Å². The van der Waals surface area contributed by atoms with Crippen molar-refractivity contribution >= 4 is 5.78 Å². The van der Waals surface area contributed by atoms with Crippen LogP contribution in [0.15, 0.2) is 24.5 Å². The highest BCUT2D eigenvalue weighted by Crippen LogP contribution is 2.25. The molecule has 1 aliphatic rings. The minimum atomic E-state index is -1.12. The van der Waals surface area contributed by atoms with Crippen molar-refractivity contribution in [2.24, 2.45) is 0 Å². The molecule has 4 atom stereocenters. The van der Waals surface area contributed by atoms with E-state index in [0.29, 0.717) is 5.56 Å². The van der Waals surface area contributed by atoms with E-state index in [0.717, 1.165) is 0 Å². The molecule has 0 aromatic carbocycles. The first-order valence-corrected chi connectivity index (χ1v) is 5.95. The molecule has 6 heteroatoms. The number of carbonyl (C=O) groups is 1. The number of hydrogen-bond donors (Lipinski definition) is 2. The molecule has 6 nitrogen and oxygen atoms in total. The molecule has 0 saturated carbocycles. The van der Waals surface area contributed by atoms with Crippen molar-refractivity contribution in [2.75, 3.05) is 13.7 Å². The molecule has 1 aromatic heterocycles. The molecule has 19 heavy (non-hydrogen) atoms. The predicted molar refractivity (Wildman–Crippen MR) is 64.4 cm³/mol. The maximum Gasteiger partial charge on any atom is 0.292 e. The van der Waals surface area contributed by atoms with Gasteiger partial charge in [0.1, 0.15) is 12.2 Å². The average molecular weight is 269 g/mol. The molecule has 1 fully saturated rings. The number of aliphatic hydroxyl groups excluding tert-OH is 2. The number of aliphatic hydroxyl groups is 2. The number of methoxy groups -OCH3 is 1. The second-order valence-corrected chi connectivity index (χ2v) is 4.51. The Morgan fingerprint density at radius 3 is 3.05 bits per heavy atom. The lowest BCUT2D eigenvalue weighted by molar-refractivity contribution is -0.765. The van der Waals surface area contributed by atoms with E-state index in [9.17, 15) is 15.0 Å². The fourth-order valence-electron chi connectivity index (χ4n) is 2.09. The lowest BCUT2D eigenvalue weighted by Gasteiger charge is -2.11. The summed E-state index contributed by atoms with van der Waals surface area (Å²) in [7, 11) is -0.236. The van der Waals surface area contributed by atoms with E-state index in [1.165, 1.54) is 6.92 Å². The number of Topliss-reactive ketones (excluding diaryl/α,β-unsaturated/α-hetero) is 1. The van der Waals surface area contributed by atoms with Crippen molar-refractivity contribution in [3.8, 4) is 0 Å². The summed E-state index contributed by atoms with van der Waals surface area (Å²) in [4.78, 5) is 11.4. The fraction of sp³-hybridized carbons (Fsp3) is 0.538. The number of carbonyl (C=O) groups excluding carboxylic acids is 1. The number of hydrogen-bond acceptors (Lipinski definition) is 5. The highest BCUT2D eigenvalue weighted by molar-refractivity contribution is 5.93. The predicted octanol–water partition coefficient (Wildman–Crippen LogP) is -0.558. The third-order valence-corrected chi connectivity index (χ3v) is 3.14. The first-order chi connectivity index (χ1) is 9.54. The first kappa shape index (κ1) is 12.7. The van der Waals surface area contributed by atoms with Gasteiger partial charge >= 0.3 is 0 Å². The lowest BCUT2D eigenvalue weighted by atomic mass is 10.1. The number of ketones is 1. The minimum absolute atomic E-state index is 0.0329. The maximum atomic E-state index is 11.4. The molecular formula is C13H18NO5+. The van der Waals surface area contributed by atoms with Crippen LogP contribution < -0.4 is 4.57 Å². The second kappa shape index (κ2) is 5.75. The van der Waals surface area contributed by atoms with Gasteiger partial charge in [-0.3, -0.25) is 4.79 Å². The molecule has 104 valence electrons. The standard InChI is InChI=1S/C13H18NO5/c1-8(15)9-4-3-5-14(6-9)13-12(17)11(16)10(19-13)7-18-2/h3-6,10-13,16-17H,7H2,1-2H3/q+1/t10-,11-,12-,13-/m1/s1/i2D. The van der Waals surface area contributed by atoms with Crippen LogP contribution in [-0.4, -0.2) is 48.0 Å².